The maximum Gasteiger partial charge on any atom is 0.323 e. The Kier molecular flexibility index (Phi) is 4.01. The summed E-state index contributed by atoms with van der Waals surface area (Å²) in [6, 6.07) is 9.36. The summed E-state index contributed by atoms with van der Waals surface area (Å²) in [6.07, 6.45) is 0. The number of halogens is 2. The first-order valence-corrected chi connectivity index (χ1v) is 5.82. The third-order valence-electron chi connectivity index (χ3n) is 2.35. The molecule has 6 heteroatoms. The molecule has 0 fully saturated rings. The normalized spacial score (nSPS) is 10.1. The quantitative estimate of drug-likeness (QED) is 0.717. The second-order valence-corrected chi connectivity index (χ2v) is 4.17. The lowest BCUT2D eigenvalue weighted by Gasteiger charge is -2.10. The Morgan fingerprint density at radius 1 is 0.947 bits per heavy atom. The van der Waals surface area contributed by atoms with Crippen molar-refractivity contribution in [2.45, 2.75) is 4.90 Å². The Bertz CT molecular complexity index is 599. The van der Waals surface area contributed by atoms with Crippen molar-refractivity contribution in [3.63, 3.8) is 0 Å². The van der Waals surface area contributed by atoms with Gasteiger partial charge in [-0.25, -0.2) is 13.6 Å². The second-order valence-electron chi connectivity index (χ2n) is 3.69. The molecule has 0 bridgehead atoms. The molecule has 3 nitrogen and oxygen atoms in total. The summed E-state index contributed by atoms with van der Waals surface area (Å²) in [5, 5.41) is 4.57. The van der Waals surface area contributed by atoms with Gasteiger partial charge in [-0.1, -0.05) is 18.2 Å². The highest BCUT2D eigenvalue weighted by Crippen LogP contribution is 2.21. The Hall–Kier alpha value is -2.08. The highest BCUT2D eigenvalue weighted by atomic mass is 32.1. The summed E-state index contributed by atoms with van der Waals surface area (Å²) in [5.74, 6) is -1.68. The fraction of sp³-hybridized carbons (Fsp3) is 0. The SMILES string of the molecule is O=C(Nc1ccccc1S)Nc1c(F)cccc1F. The van der Waals surface area contributed by atoms with Crippen molar-refractivity contribution >= 4 is 30.0 Å². The molecule has 0 aliphatic heterocycles. The zero-order valence-corrected chi connectivity index (χ0v) is 10.5. The van der Waals surface area contributed by atoms with Gasteiger partial charge in [-0.05, 0) is 24.3 Å². The van der Waals surface area contributed by atoms with Crippen molar-refractivity contribution in [3.05, 3.63) is 54.1 Å². The molecule has 2 rings (SSSR count). The molecule has 2 N–H and O–H groups in total. The Labute approximate surface area is 114 Å². The van der Waals surface area contributed by atoms with Gasteiger partial charge in [0, 0.05) is 4.90 Å². The van der Waals surface area contributed by atoms with Crippen molar-refractivity contribution < 1.29 is 13.6 Å². The highest BCUT2D eigenvalue weighted by molar-refractivity contribution is 7.80. The minimum atomic E-state index is -0.839. The van der Waals surface area contributed by atoms with Gasteiger partial charge < -0.3 is 10.6 Å². The molecule has 0 unspecified atom stereocenters. The van der Waals surface area contributed by atoms with Crippen LogP contribution < -0.4 is 10.6 Å². The second kappa shape index (κ2) is 5.71. The van der Waals surface area contributed by atoms with Crippen LogP contribution in [0.1, 0.15) is 0 Å². The average molecular weight is 280 g/mol. The Morgan fingerprint density at radius 2 is 1.58 bits per heavy atom. The maximum absolute atomic E-state index is 13.3. The number of carbonyl (C=O) groups is 1. The zero-order chi connectivity index (χ0) is 13.8. The number of rotatable bonds is 2. The van der Waals surface area contributed by atoms with Crippen LogP contribution in [0.15, 0.2) is 47.4 Å². The van der Waals surface area contributed by atoms with Crippen LogP contribution in [0.4, 0.5) is 25.0 Å². The Balaban J connectivity index is 2.12. The summed E-state index contributed by atoms with van der Waals surface area (Å²) in [7, 11) is 0. The van der Waals surface area contributed by atoms with Crippen LogP contribution in [0, 0.1) is 11.6 Å². The summed E-state index contributed by atoms with van der Waals surface area (Å²) in [4.78, 5) is 12.2. The van der Waals surface area contributed by atoms with Crippen molar-refractivity contribution in [1.82, 2.24) is 0 Å². The zero-order valence-electron chi connectivity index (χ0n) is 9.65. The molecular formula is C13H10F2N2OS. The molecule has 2 amide bonds. The fourth-order valence-electron chi connectivity index (χ4n) is 1.46. The number of carbonyl (C=O) groups excluding carboxylic acids is 1. The molecule has 0 spiro atoms. The number of nitrogens with one attached hydrogen (secondary N) is 2. The summed E-state index contributed by atoms with van der Waals surface area (Å²) in [5.41, 5.74) is -0.0447. The van der Waals surface area contributed by atoms with Crippen molar-refractivity contribution in [2.75, 3.05) is 10.6 Å². The first-order valence-electron chi connectivity index (χ1n) is 5.38. The topological polar surface area (TPSA) is 41.1 Å². The van der Waals surface area contributed by atoms with Gasteiger partial charge >= 0.3 is 6.03 Å². The van der Waals surface area contributed by atoms with Crippen molar-refractivity contribution in [1.29, 1.82) is 0 Å². The number of hydrogen-bond acceptors (Lipinski definition) is 2. The number of anilines is 2. The van der Waals surface area contributed by atoms with E-state index in [4.69, 9.17) is 0 Å². The van der Waals surface area contributed by atoms with Gasteiger partial charge in [0.1, 0.15) is 17.3 Å². The van der Waals surface area contributed by atoms with Gasteiger partial charge in [-0.2, -0.15) is 0 Å². The molecule has 2 aromatic carbocycles. The van der Waals surface area contributed by atoms with E-state index in [0.29, 0.717) is 10.6 Å². The monoisotopic (exact) mass is 280 g/mol. The van der Waals surface area contributed by atoms with E-state index in [1.54, 1.807) is 24.3 Å². The third kappa shape index (κ3) is 3.23. The van der Waals surface area contributed by atoms with Gasteiger partial charge in [-0.15, -0.1) is 12.6 Å². The molecule has 0 aromatic heterocycles. The molecule has 2 aromatic rings. The van der Waals surface area contributed by atoms with Crippen molar-refractivity contribution in [3.8, 4) is 0 Å². The molecule has 19 heavy (non-hydrogen) atoms. The summed E-state index contributed by atoms with van der Waals surface area (Å²) >= 11 is 4.15. The number of hydrogen-bond donors (Lipinski definition) is 3. The molecular weight excluding hydrogens is 270 g/mol. The molecule has 0 atom stereocenters. The van der Waals surface area contributed by atoms with E-state index < -0.39 is 23.4 Å². The van der Waals surface area contributed by atoms with Gasteiger partial charge in [0.15, 0.2) is 0 Å². The summed E-state index contributed by atoms with van der Waals surface area (Å²) in [6.45, 7) is 0. The third-order valence-corrected chi connectivity index (χ3v) is 2.74. The first kappa shape index (κ1) is 13.4. The average Bonchev–Trinajstić information content (AvgIpc) is 2.37. The molecule has 98 valence electrons. The molecule has 0 saturated heterocycles. The maximum atomic E-state index is 13.3. The number of thiol groups is 1. The molecule has 0 heterocycles. The first-order chi connectivity index (χ1) is 9.08. The number of urea groups is 1. The minimum Gasteiger partial charge on any atom is -0.307 e. The van der Waals surface area contributed by atoms with E-state index >= 15 is 0 Å². The van der Waals surface area contributed by atoms with Crippen LogP contribution in [0.5, 0.6) is 0 Å². The van der Waals surface area contributed by atoms with E-state index in [2.05, 4.69) is 23.3 Å². The molecule has 0 saturated carbocycles. The highest BCUT2D eigenvalue weighted by Gasteiger charge is 2.12. The van der Waals surface area contributed by atoms with Crippen LogP contribution >= 0.6 is 12.6 Å². The number of para-hydroxylation sites is 2. The lowest BCUT2D eigenvalue weighted by molar-refractivity contribution is 0.262. The van der Waals surface area contributed by atoms with E-state index in [1.165, 1.54) is 6.07 Å². The van der Waals surface area contributed by atoms with Crippen LogP contribution in [0.25, 0.3) is 0 Å². The van der Waals surface area contributed by atoms with Crippen LogP contribution in [-0.2, 0) is 0 Å². The smallest absolute Gasteiger partial charge is 0.307 e. The van der Waals surface area contributed by atoms with Crippen LogP contribution in [0.3, 0.4) is 0 Å². The van der Waals surface area contributed by atoms with Gasteiger partial charge in [0.2, 0.25) is 0 Å². The predicted octanol–water partition coefficient (Wildman–Crippen LogP) is 3.90. The van der Waals surface area contributed by atoms with Gasteiger partial charge in [0.25, 0.3) is 0 Å². The molecule has 0 aliphatic carbocycles. The number of benzene rings is 2. The van der Waals surface area contributed by atoms with Gasteiger partial charge in [-0.3, -0.25) is 0 Å². The van der Waals surface area contributed by atoms with Crippen LogP contribution in [-0.4, -0.2) is 6.03 Å². The molecule has 0 aliphatic rings. The lowest BCUT2D eigenvalue weighted by atomic mass is 10.3. The van der Waals surface area contributed by atoms with Crippen LogP contribution in [0.2, 0.25) is 0 Å². The van der Waals surface area contributed by atoms with Gasteiger partial charge in [0.05, 0.1) is 5.69 Å². The molecule has 0 radical (unpaired) electrons. The van der Waals surface area contributed by atoms with E-state index in [0.717, 1.165) is 12.1 Å². The lowest BCUT2D eigenvalue weighted by Crippen LogP contribution is -2.21. The van der Waals surface area contributed by atoms with E-state index in [1.807, 2.05) is 0 Å². The standard InChI is InChI=1S/C13H10F2N2OS/c14-8-4-3-5-9(15)12(8)17-13(18)16-10-6-1-2-7-11(10)19/h1-7,19H,(H2,16,17,18). The van der Waals surface area contributed by atoms with E-state index in [9.17, 15) is 13.6 Å². The van der Waals surface area contributed by atoms with Crippen molar-refractivity contribution in [2.24, 2.45) is 0 Å². The summed E-state index contributed by atoms with van der Waals surface area (Å²) < 4.78 is 26.7. The minimum absolute atomic E-state index is 0.445. The van der Waals surface area contributed by atoms with E-state index in [-0.39, 0.29) is 0 Å². The Morgan fingerprint density at radius 3 is 2.21 bits per heavy atom. The predicted molar refractivity (Wildman–Crippen MR) is 72.7 cm³/mol. The largest absolute Gasteiger partial charge is 0.323 e. The fourth-order valence-corrected chi connectivity index (χ4v) is 1.68. The number of amides is 2.